The molecule has 4 nitrogen and oxygen atoms in total. The van der Waals surface area contributed by atoms with E-state index in [9.17, 15) is 14.5 Å². The van der Waals surface area contributed by atoms with Gasteiger partial charge in [0.15, 0.2) is 0 Å². The largest absolute Gasteiger partial charge is 0.375 e. The number of hydrogen-bond donors (Lipinski definition) is 0. The number of benzene rings is 1. The summed E-state index contributed by atoms with van der Waals surface area (Å²) in [6.07, 6.45) is 0. The van der Waals surface area contributed by atoms with Crippen molar-refractivity contribution in [3.05, 3.63) is 34.1 Å². The minimum atomic E-state index is -0.601. The fourth-order valence-corrected chi connectivity index (χ4v) is 1.07. The van der Waals surface area contributed by atoms with Crippen molar-refractivity contribution >= 4 is 11.4 Å². The van der Waals surface area contributed by atoms with Gasteiger partial charge in [-0.05, 0) is 13.0 Å². The highest BCUT2D eigenvalue weighted by molar-refractivity contribution is 5.52. The standard InChI is InChI=1S/C9H11FN2O2/c1-3-11(2)8-4-7(10)5-9(6-8)12(13)14/h4-6H,3H2,1-2H3. The zero-order valence-electron chi connectivity index (χ0n) is 8.03. The Hall–Kier alpha value is -1.65. The molecule has 1 rings (SSSR count). The zero-order valence-corrected chi connectivity index (χ0v) is 8.03. The molecule has 0 aliphatic rings. The zero-order chi connectivity index (χ0) is 10.7. The molecule has 1 aromatic rings. The van der Waals surface area contributed by atoms with E-state index in [4.69, 9.17) is 0 Å². The molecular weight excluding hydrogens is 187 g/mol. The van der Waals surface area contributed by atoms with Crippen molar-refractivity contribution in [2.24, 2.45) is 0 Å². The predicted octanol–water partition coefficient (Wildman–Crippen LogP) is 2.19. The van der Waals surface area contributed by atoms with Gasteiger partial charge >= 0.3 is 0 Å². The van der Waals surface area contributed by atoms with Gasteiger partial charge in [-0.3, -0.25) is 10.1 Å². The van der Waals surface area contributed by atoms with E-state index in [1.165, 1.54) is 12.1 Å². The Morgan fingerprint density at radius 2 is 2.14 bits per heavy atom. The van der Waals surface area contributed by atoms with Crippen LogP contribution in [-0.4, -0.2) is 18.5 Å². The van der Waals surface area contributed by atoms with Crippen LogP contribution < -0.4 is 4.90 Å². The van der Waals surface area contributed by atoms with Gasteiger partial charge in [0.05, 0.1) is 11.0 Å². The number of rotatable bonds is 3. The van der Waals surface area contributed by atoms with Gasteiger partial charge in [-0.2, -0.15) is 0 Å². The lowest BCUT2D eigenvalue weighted by Gasteiger charge is -2.16. The summed E-state index contributed by atoms with van der Waals surface area (Å²) >= 11 is 0. The number of nitro benzene ring substituents is 1. The number of halogens is 1. The minimum absolute atomic E-state index is 0.222. The van der Waals surface area contributed by atoms with E-state index in [1.54, 1.807) is 11.9 Å². The maximum Gasteiger partial charge on any atom is 0.274 e. The van der Waals surface area contributed by atoms with Crippen LogP contribution in [0.5, 0.6) is 0 Å². The molecule has 0 atom stereocenters. The third-order valence-electron chi connectivity index (χ3n) is 1.99. The van der Waals surface area contributed by atoms with Crippen LogP contribution in [-0.2, 0) is 0 Å². The summed E-state index contributed by atoms with van der Waals surface area (Å²) < 4.78 is 13.0. The molecule has 0 saturated carbocycles. The van der Waals surface area contributed by atoms with E-state index in [0.717, 1.165) is 6.07 Å². The molecule has 5 heteroatoms. The van der Waals surface area contributed by atoms with Gasteiger partial charge in [0.2, 0.25) is 0 Å². The van der Waals surface area contributed by atoms with Crippen molar-refractivity contribution in [3.8, 4) is 0 Å². The average Bonchev–Trinajstić information content (AvgIpc) is 2.15. The summed E-state index contributed by atoms with van der Waals surface area (Å²) in [6.45, 7) is 2.55. The van der Waals surface area contributed by atoms with Gasteiger partial charge in [-0.25, -0.2) is 4.39 Å². The van der Waals surface area contributed by atoms with E-state index in [-0.39, 0.29) is 5.69 Å². The summed E-state index contributed by atoms with van der Waals surface area (Å²) in [5.74, 6) is -0.588. The lowest BCUT2D eigenvalue weighted by molar-refractivity contribution is -0.385. The molecular formula is C9H11FN2O2. The first-order chi connectivity index (χ1) is 6.54. The van der Waals surface area contributed by atoms with Crippen molar-refractivity contribution in [2.75, 3.05) is 18.5 Å². The second-order valence-electron chi connectivity index (χ2n) is 2.94. The molecule has 76 valence electrons. The molecule has 0 amide bonds. The third kappa shape index (κ3) is 2.18. The van der Waals surface area contributed by atoms with Crippen molar-refractivity contribution in [1.29, 1.82) is 0 Å². The monoisotopic (exact) mass is 198 g/mol. The van der Waals surface area contributed by atoms with Crippen LogP contribution in [0.1, 0.15) is 6.92 Å². The summed E-state index contributed by atoms with van der Waals surface area (Å²) in [6, 6.07) is 3.54. The number of nitro groups is 1. The molecule has 0 heterocycles. The van der Waals surface area contributed by atoms with Gasteiger partial charge in [0, 0.05) is 25.3 Å². The van der Waals surface area contributed by atoms with Gasteiger partial charge in [-0.1, -0.05) is 0 Å². The second kappa shape index (κ2) is 4.04. The first-order valence-electron chi connectivity index (χ1n) is 4.20. The topological polar surface area (TPSA) is 46.4 Å². The summed E-state index contributed by atoms with van der Waals surface area (Å²) in [5, 5.41) is 10.4. The fraction of sp³-hybridized carbons (Fsp3) is 0.333. The molecule has 0 N–H and O–H groups in total. The number of nitrogens with zero attached hydrogens (tertiary/aromatic N) is 2. The maximum atomic E-state index is 13.0. The average molecular weight is 198 g/mol. The SMILES string of the molecule is CCN(C)c1cc(F)cc([N+](=O)[O-])c1. The Bertz CT molecular complexity index is 355. The lowest BCUT2D eigenvalue weighted by atomic mass is 10.2. The van der Waals surface area contributed by atoms with E-state index < -0.39 is 10.7 Å². The van der Waals surface area contributed by atoms with E-state index in [2.05, 4.69) is 0 Å². The van der Waals surface area contributed by atoms with Crippen LogP contribution in [0, 0.1) is 15.9 Å². The van der Waals surface area contributed by atoms with Crippen LogP contribution in [0.25, 0.3) is 0 Å². The van der Waals surface area contributed by atoms with Crippen LogP contribution >= 0.6 is 0 Å². The first kappa shape index (κ1) is 10.4. The van der Waals surface area contributed by atoms with Gasteiger partial charge in [0.25, 0.3) is 5.69 Å². The predicted molar refractivity (Wildman–Crippen MR) is 52.0 cm³/mol. The summed E-state index contributed by atoms with van der Waals surface area (Å²) in [4.78, 5) is 11.6. The first-order valence-corrected chi connectivity index (χ1v) is 4.20. The highest BCUT2D eigenvalue weighted by atomic mass is 19.1. The van der Waals surface area contributed by atoms with Gasteiger partial charge in [0.1, 0.15) is 5.82 Å². The molecule has 1 aromatic carbocycles. The second-order valence-corrected chi connectivity index (χ2v) is 2.94. The van der Waals surface area contributed by atoms with Crippen molar-refractivity contribution in [3.63, 3.8) is 0 Å². The van der Waals surface area contributed by atoms with Gasteiger partial charge in [-0.15, -0.1) is 0 Å². The molecule has 0 fully saturated rings. The molecule has 0 radical (unpaired) electrons. The van der Waals surface area contributed by atoms with Crippen LogP contribution in [0.2, 0.25) is 0 Å². The lowest BCUT2D eigenvalue weighted by Crippen LogP contribution is -2.15. The number of anilines is 1. The molecule has 0 saturated heterocycles. The van der Waals surface area contributed by atoms with Crippen molar-refractivity contribution in [2.45, 2.75) is 6.92 Å². The maximum absolute atomic E-state index is 13.0. The molecule has 14 heavy (non-hydrogen) atoms. The van der Waals surface area contributed by atoms with Crippen molar-refractivity contribution in [1.82, 2.24) is 0 Å². The highest BCUT2D eigenvalue weighted by Crippen LogP contribution is 2.22. The molecule has 0 aliphatic heterocycles. The van der Waals surface area contributed by atoms with E-state index in [0.29, 0.717) is 12.2 Å². The Kier molecular flexibility index (Phi) is 3.01. The third-order valence-corrected chi connectivity index (χ3v) is 1.99. The van der Waals surface area contributed by atoms with Crippen LogP contribution in [0.15, 0.2) is 18.2 Å². The molecule has 0 bridgehead atoms. The quantitative estimate of drug-likeness (QED) is 0.552. The smallest absolute Gasteiger partial charge is 0.274 e. The van der Waals surface area contributed by atoms with Crippen LogP contribution in [0.4, 0.5) is 15.8 Å². The Balaban J connectivity index is 3.13. The van der Waals surface area contributed by atoms with E-state index in [1.807, 2.05) is 6.92 Å². The number of hydrogen-bond acceptors (Lipinski definition) is 3. The molecule has 0 aliphatic carbocycles. The number of non-ortho nitro benzene ring substituents is 1. The van der Waals surface area contributed by atoms with Gasteiger partial charge < -0.3 is 4.90 Å². The minimum Gasteiger partial charge on any atom is -0.375 e. The fourth-order valence-electron chi connectivity index (χ4n) is 1.07. The molecule has 0 spiro atoms. The Morgan fingerprint density at radius 1 is 1.50 bits per heavy atom. The van der Waals surface area contributed by atoms with E-state index >= 15 is 0 Å². The molecule has 0 aromatic heterocycles. The molecule has 0 unspecified atom stereocenters. The Labute approximate surface area is 81.1 Å². The highest BCUT2D eigenvalue weighted by Gasteiger charge is 2.11. The Morgan fingerprint density at radius 3 is 2.64 bits per heavy atom. The van der Waals surface area contributed by atoms with Crippen LogP contribution in [0.3, 0.4) is 0 Å². The normalized spacial score (nSPS) is 9.93. The summed E-state index contributed by atoms with van der Waals surface area (Å²) in [7, 11) is 1.75. The van der Waals surface area contributed by atoms with Crippen molar-refractivity contribution < 1.29 is 9.31 Å². The summed E-state index contributed by atoms with van der Waals surface area (Å²) in [5.41, 5.74) is 0.291.